The number of rotatable bonds is 3. The van der Waals surface area contributed by atoms with E-state index in [0.717, 1.165) is 25.7 Å². The van der Waals surface area contributed by atoms with Gasteiger partial charge in [-0.15, -0.1) is 0 Å². The van der Waals surface area contributed by atoms with Gasteiger partial charge in [0.2, 0.25) is 0 Å². The van der Waals surface area contributed by atoms with Crippen molar-refractivity contribution in [2.24, 2.45) is 5.92 Å². The molecule has 0 spiro atoms. The lowest BCUT2D eigenvalue weighted by Crippen LogP contribution is -2.49. The SMILES string of the molecule is O=C(NCc1c(F)c(F)cc(F)c1F)N[C@@H]1CCC[C@H]2OCC[C@@H]12. The minimum Gasteiger partial charge on any atom is -0.378 e. The monoisotopic (exact) mass is 346 g/mol. The topological polar surface area (TPSA) is 50.4 Å². The van der Waals surface area contributed by atoms with Gasteiger partial charge < -0.3 is 15.4 Å². The van der Waals surface area contributed by atoms with Crippen LogP contribution < -0.4 is 10.6 Å². The molecule has 132 valence electrons. The Labute approximate surface area is 136 Å². The zero-order chi connectivity index (χ0) is 17.3. The number of hydrogen-bond donors (Lipinski definition) is 2. The molecular formula is C16H18F4N2O2. The minimum atomic E-state index is -1.50. The lowest BCUT2D eigenvalue weighted by Gasteiger charge is -2.33. The van der Waals surface area contributed by atoms with Crippen LogP contribution in [-0.4, -0.2) is 24.8 Å². The number of fused-ring (bicyclic) bond motifs is 1. The van der Waals surface area contributed by atoms with Gasteiger partial charge in [-0.05, 0) is 25.7 Å². The number of urea groups is 1. The Hall–Kier alpha value is -1.83. The molecule has 2 N–H and O–H groups in total. The van der Waals surface area contributed by atoms with Crippen LogP contribution in [0.4, 0.5) is 22.4 Å². The average Bonchev–Trinajstić information content (AvgIpc) is 3.03. The van der Waals surface area contributed by atoms with Gasteiger partial charge in [0.15, 0.2) is 23.3 Å². The molecule has 3 atom stereocenters. The van der Waals surface area contributed by atoms with Gasteiger partial charge in [0.1, 0.15) is 0 Å². The zero-order valence-electron chi connectivity index (χ0n) is 12.9. The summed E-state index contributed by atoms with van der Waals surface area (Å²) >= 11 is 0. The molecule has 1 saturated heterocycles. The van der Waals surface area contributed by atoms with Crippen LogP contribution in [-0.2, 0) is 11.3 Å². The van der Waals surface area contributed by atoms with E-state index in [1.165, 1.54) is 0 Å². The summed E-state index contributed by atoms with van der Waals surface area (Å²) < 4.78 is 59.0. The van der Waals surface area contributed by atoms with E-state index in [1.807, 2.05) is 0 Å². The molecule has 8 heteroatoms. The summed E-state index contributed by atoms with van der Waals surface area (Å²) in [6, 6.07) is -0.572. The van der Waals surface area contributed by atoms with Gasteiger partial charge in [-0.1, -0.05) is 0 Å². The molecule has 2 fully saturated rings. The van der Waals surface area contributed by atoms with Gasteiger partial charge >= 0.3 is 6.03 Å². The van der Waals surface area contributed by atoms with Crippen LogP contribution in [0.5, 0.6) is 0 Å². The number of amides is 2. The molecule has 0 aromatic heterocycles. The van der Waals surface area contributed by atoms with E-state index in [9.17, 15) is 22.4 Å². The molecule has 4 nitrogen and oxygen atoms in total. The first-order chi connectivity index (χ1) is 11.5. The quantitative estimate of drug-likeness (QED) is 0.653. The fourth-order valence-corrected chi connectivity index (χ4v) is 3.52. The first-order valence-electron chi connectivity index (χ1n) is 7.95. The molecule has 2 amide bonds. The van der Waals surface area contributed by atoms with Crippen molar-refractivity contribution in [1.29, 1.82) is 0 Å². The third kappa shape index (κ3) is 3.33. The standard InChI is InChI=1S/C16H18F4N2O2/c17-10-6-11(18)15(20)9(14(10)19)7-21-16(23)22-12-2-1-3-13-8(12)4-5-24-13/h6,8,12-13H,1-5,7H2,(H2,21,22,23)/t8-,12+,13+/m0/s1. The van der Waals surface area contributed by atoms with Crippen molar-refractivity contribution in [3.05, 3.63) is 34.9 Å². The largest absolute Gasteiger partial charge is 0.378 e. The number of halogens is 4. The van der Waals surface area contributed by atoms with Gasteiger partial charge in [0, 0.05) is 30.2 Å². The number of ether oxygens (including phenoxy) is 1. The normalized spacial score (nSPS) is 26.1. The molecule has 1 heterocycles. The predicted molar refractivity (Wildman–Crippen MR) is 77.1 cm³/mol. The summed E-state index contributed by atoms with van der Waals surface area (Å²) in [5.74, 6) is -5.77. The Kier molecular flexibility index (Phi) is 4.93. The van der Waals surface area contributed by atoms with Crippen LogP contribution in [0.1, 0.15) is 31.2 Å². The van der Waals surface area contributed by atoms with Gasteiger partial charge in [-0.2, -0.15) is 0 Å². The van der Waals surface area contributed by atoms with Gasteiger partial charge in [0.25, 0.3) is 0 Å². The van der Waals surface area contributed by atoms with E-state index < -0.39 is 41.4 Å². The fourth-order valence-electron chi connectivity index (χ4n) is 3.52. The number of benzene rings is 1. The molecule has 1 aliphatic carbocycles. The second-order valence-electron chi connectivity index (χ2n) is 6.17. The Bertz CT molecular complexity index is 615. The first kappa shape index (κ1) is 17.0. The van der Waals surface area contributed by atoms with Crippen LogP contribution in [0.25, 0.3) is 0 Å². The molecule has 1 saturated carbocycles. The van der Waals surface area contributed by atoms with E-state index >= 15 is 0 Å². The highest BCUT2D eigenvalue weighted by Crippen LogP contribution is 2.34. The molecule has 1 aliphatic heterocycles. The summed E-state index contributed by atoms with van der Waals surface area (Å²) in [6.45, 7) is 0.0175. The third-order valence-electron chi connectivity index (χ3n) is 4.73. The van der Waals surface area contributed by atoms with Crippen molar-refractivity contribution in [3.63, 3.8) is 0 Å². The van der Waals surface area contributed by atoms with E-state index in [1.54, 1.807) is 0 Å². The lowest BCUT2D eigenvalue weighted by molar-refractivity contribution is 0.0549. The zero-order valence-corrected chi connectivity index (χ0v) is 12.9. The second-order valence-corrected chi connectivity index (χ2v) is 6.17. The molecule has 2 aliphatic rings. The lowest BCUT2D eigenvalue weighted by atomic mass is 9.82. The molecule has 1 aromatic rings. The van der Waals surface area contributed by atoms with Crippen molar-refractivity contribution in [1.82, 2.24) is 10.6 Å². The van der Waals surface area contributed by atoms with Crippen LogP contribution in [0.3, 0.4) is 0 Å². The van der Waals surface area contributed by atoms with Crippen molar-refractivity contribution in [2.75, 3.05) is 6.61 Å². The summed E-state index contributed by atoms with van der Waals surface area (Å²) in [7, 11) is 0. The Morgan fingerprint density at radius 2 is 1.83 bits per heavy atom. The van der Waals surface area contributed by atoms with Gasteiger partial charge in [0.05, 0.1) is 12.6 Å². The minimum absolute atomic E-state index is 0.0785. The van der Waals surface area contributed by atoms with Crippen LogP contribution in [0.15, 0.2) is 6.07 Å². The maximum Gasteiger partial charge on any atom is 0.315 e. The average molecular weight is 346 g/mol. The molecule has 3 rings (SSSR count). The van der Waals surface area contributed by atoms with Gasteiger partial charge in [-0.3, -0.25) is 0 Å². The molecular weight excluding hydrogens is 328 g/mol. The molecule has 0 bridgehead atoms. The summed E-state index contributed by atoms with van der Waals surface area (Å²) in [6.07, 6.45) is 3.67. The van der Waals surface area contributed by atoms with Crippen molar-refractivity contribution in [2.45, 2.75) is 44.4 Å². The third-order valence-corrected chi connectivity index (χ3v) is 4.73. The molecule has 1 aromatic carbocycles. The van der Waals surface area contributed by atoms with E-state index in [2.05, 4.69) is 10.6 Å². The van der Waals surface area contributed by atoms with Crippen molar-refractivity contribution >= 4 is 6.03 Å². The second kappa shape index (κ2) is 6.96. The smallest absolute Gasteiger partial charge is 0.315 e. The number of hydrogen-bond acceptors (Lipinski definition) is 2. The van der Waals surface area contributed by atoms with Gasteiger partial charge in [-0.25, -0.2) is 22.4 Å². The highest BCUT2D eigenvalue weighted by Gasteiger charge is 2.38. The Morgan fingerprint density at radius 3 is 2.54 bits per heavy atom. The van der Waals surface area contributed by atoms with Crippen LogP contribution in [0.2, 0.25) is 0 Å². The summed E-state index contributed by atoms with van der Waals surface area (Å²) in [5.41, 5.74) is -0.839. The van der Waals surface area contributed by atoms with Crippen molar-refractivity contribution < 1.29 is 27.1 Å². The van der Waals surface area contributed by atoms with Crippen LogP contribution in [0, 0.1) is 29.2 Å². The molecule has 24 heavy (non-hydrogen) atoms. The van der Waals surface area contributed by atoms with E-state index in [-0.39, 0.29) is 24.1 Å². The highest BCUT2D eigenvalue weighted by atomic mass is 19.2. The molecule has 0 radical (unpaired) electrons. The number of carbonyl (C=O) groups excluding carboxylic acids is 1. The van der Waals surface area contributed by atoms with Crippen LogP contribution >= 0.6 is 0 Å². The highest BCUT2D eigenvalue weighted by molar-refractivity contribution is 5.74. The fraction of sp³-hybridized carbons (Fsp3) is 0.562. The first-order valence-corrected chi connectivity index (χ1v) is 7.95. The Balaban J connectivity index is 1.60. The maximum atomic E-state index is 13.6. The van der Waals surface area contributed by atoms with E-state index in [4.69, 9.17) is 4.74 Å². The Morgan fingerprint density at radius 1 is 1.12 bits per heavy atom. The summed E-state index contributed by atoms with van der Waals surface area (Å²) in [5, 5.41) is 5.02. The van der Waals surface area contributed by atoms with E-state index in [0.29, 0.717) is 6.61 Å². The maximum absolute atomic E-state index is 13.6. The predicted octanol–water partition coefficient (Wildman–Crippen LogP) is 3.00. The summed E-state index contributed by atoms with van der Waals surface area (Å²) in [4.78, 5) is 12.0. The number of carbonyl (C=O) groups is 1. The molecule has 0 unspecified atom stereocenters. The number of nitrogens with one attached hydrogen (secondary N) is 2. The van der Waals surface area contributed by atoms with Crippen molar-refractivity contribution in [3.8, 4) is 0 Å².